The van der Waals surface area contributed by atoms with Crippen LogP contribution in [-0.4, -0.2) is 15.8 Å². The summed E-state index contributed by atoms with van der Waals surface area (Å²) in [4.78, 5) is 14.1. The molecule has 80 valence electrons. The van der Waals surface area contributed by atoms with E-state index in [0.717, 1.165) is 28.2 Å². The summed E-state index contributed by atoms with van der Waals surface area (Å²) in [6.45, 7) is 0. The van der Waals surface area contributed by atoms with E-state index in [1.807, 2.05) is 35.9 Å². The minimum absolute atomic E-state index is 0.665. The van der Waals surface area contributed by atoms with Crippen molar-refractivity contribution in [2.45, 2.75) is 0 Å². The van der Waals surface area contributed by atoms with E-state index >= 15 is 0 Å². The predicted octanol–water partition coefficient (Wildman–Crippen LogP) is 3.13. The Hall–Kier alpha value is -1.74. The molecule has 0 saturated heterocycles. The van der Waals surface area contributed by atoms with Gasteiger partial charge in [0.1, 0.15) is 5.65 Å². The molecule has 0 atom stereocenters. The Morgan fingerprint density at radius 1 is 1.31 bits per heavy atom. The minimum atomic E-state index is 0.665. The molecule has 0 bridgehead atoms. The standard InChI is InChI=1S/C12H9ClN2O/c1-15-8(6-16)5-10-9-3-2-7(13)4-11(9)14-12(10)15/h2-6,14H,1H3. The van der Waals surface area contributed by atoms with Crippen LogP contribution in [0.1, 0.15) is 10.5 Å². The molecule has 2 aromatic heterocycles. The first-order chi connectivity index (χ1) is 7.70. The van der Waals surface area contributed by atoms with Crippen molar-refractivity contribution in [3.8, 4) is 0 Å². The Morgan fingerprint density at radius 3 is 2.88 bits per heavy atom. The van der Waals surface area contributed by atoms with E-state index in [4.69, 9.17) is 11.6 Å². The molecule has 0 aliphatic carbocycles. The molecule has 2 heterocycles. The first kappa shape index (κ1) is 9.48. The molecule has 0 amide bonds. The van der Waals surface area contributed by atoms with Gasteiger partial charge in [0, 0.05) is 28.4 Å². The maximum atomic E-state index is 10.8. The number of aryl methyl sites for hydroxylation is 1. The summed E-state index contributed by atoms with van der Waals surface area (Å²) in [5, 5.41) is 2.84. The fraction of sp³-hybridized carbons (Fsp3) is 0.0833. The molecular formula is C12H9ClN2O. The zero-order chi connectivity index (χ0) is 11.3. The van der Waals surface area contributed by atoms with Crippen molar-refractivity contribution < 1.29 is 4.79 Å². The van der Waals surface area contributed by atoms with Crippen LogP contribution < -0.4 is 0 Å². The summed E-state index contributed by atoms with van der Waals surface area (Å²) in [7, 11) is 1.86. The summed E-state index contributed by atoms with van der Waals surface area (Å²) in [5.74, 6) is 0. The third kappa shape index (κ3) is 1.12. The summed E-state index contributed by atoms with van der Waals surface area (Å²) >= 11 is 5.93. The molecule has 0 aliphatic rings. The average Bonchev–Trinajstić information content (AvgIpc) is 2.75. The number of aromatic amines is 1. The third-order valence-electron chi connectivity index (χ3n) is 2.92. The van der Waals surface area contributed by atoms with Crippen molar-refractivity contribution in [3.63, 3.8) is 0 Å². The lowest BCUT2D eigenvalue weighted by atomic mass is 10.2. The summed E-state index contributed by atoms with van der Waals surface area (Å²) in [6, 6.07) is 7.59. The lowest BCUT2D eigenvalue weighted by Crippen LogP contribution is -1.93. The SMILES string of the molecule is Cn1c(C=O)cc2c3ccc(Cl)cc3[nH]c21. The molecule has 3 nitrogen and oxygen atoms in total. The van der Waals surface area contributed by atoms with Crippen LogP contribution in [0.4, 0.5) is 0 Å². The number of rotatable bonds is 1. The van der Waals surface area contributed by atoms with E-state index in [9.17, 15) is 4.79 Å². The van der Waals surface area contributed by atoms with Crippen LogP contribution in [0.3, 0.4) is 0 Å². The van der Waals surface area contributed by atoms with Crippen molar-refractivity contribution in [2.24, 2.45) is 7.05 Å². The zero-order valence-corrected chi connectivity index (χ0v) is 9.38. The quantitative estimate of drug-likeness (QED) is 0.643. The van der Waals surface area contributed by atoms with Gasteiger partial charge >= 0.3 is 0 Å². The highest BCUT2D eigenvalue weighted by Gasteiger charge is 2.10. The monoisotopic (exact) mass is 232 g/mol. The minimum Gasteiger partial charge on any atom is -0.341 e. The Morgan fingerprint density at radius 2 is 2.12 bits per heavy atom. The molecule has 1 aromatic carbocycles. The number of hydrogen-bond donors (Lipinski definition) is 1. The summed E-state index contributed by atoms with van der Waals surface area (Å²) < 4.78 is 1.84. The highest BCUT2D eigenvalue weighted by Crippen LogP contribution is 2.29. The van der Waals surface area contributed by atoms with E-state index < -0.39 is 0 Å². The van der Waals surface area contributed by atoms with Crippen LogP contribution in [0.5, 0.6) is 0 Å². The molecule has 3 aromatic rings. The maximum absolute atomic E-state index is 10.8. The Bertz CT molecular complexity index is 709. The van der Waals surface area contributed by atoms with E-state index in [1.54, 1.807) is 0 Å². The molecule has 16 heavy (non-hydrogen) atoms. The Kier molecular flexibility index (Phi) is 1.85. The van der Waals surface area contributed by atoms with Crippen molar-refractivity contribution in [1.82, 2.24) is 9.55 Å². The van der Waals surface area contributed by atoms with Gasteiger partial charge in [0.2, 0.25) is 0 Å². The second-order valence-corrected chi connectivity index (χ2v) is 4.26. The van der Waals surface area contributed by atoms with Gasteiger partial charge in [0.15, 0.2) is 6.29 Å². The van der Waals surface area contributed by atoms with Gasteiger partial charge in [-0.2, -0.15) is 0 Å². The van der Waals surface area contributed by atoms with E-state index in [2.05, 4.69) is 4.98 Å². The predicted molar refractivity (Wildman–Crippen MR) is 65.2 cm³/mol. The normalized spacial score (nSPS) is 11.4. The van der Waals surface area contributed by atoms with E-state index in [-0.39, 0.29) is 0 Å². The highest BCUT2D eigenvalue weighted by molar-refractivity contribution is 6.31. The fourth-order valence-corrected chi connectivity index (χ4v) is 2.25. The second kappa shape index (κ2) is 3.12. The second-order valence-electron chi connectivity index (χ2n) is 3.82. The largest absolute Gasteiger partial charge is 0.341 e. The Labute approximate surface area is 96.6 Å². The number of hydrogen-bond acceptors (Lipinski definition) is 1. The van der Waals surface area contributed by atoms with E-state index in [0.29, 0.717) is 10.7 Å². The topological polar surface area (TPSA) is 37.8 Å². The lowest BCUT2D eigenvalue weighted by molar-refractivity contribution is 0.111. The number of nitrogens with zero attached hydrogens (tertiary/aromatic N) is 1. The number of fused-ring (bicyclic) bond motifs is 3. The number of nitrogens with one attached hydrogen (secondary N) is 1. The van der Waals surface area contributed by atoms with E-state index in [1.165, 1.54) is 0 Å². The molecule has 0 radical (unpaired) electrons. The van der Waals surface area contributed by atoms with Crippen molar-refractivity contribution in [1.29, 1.82) is 0 Å². The van der Waals surface area contributed by atoms with Gasteiger partial charge in [-0.25, -0.2) is 0 Å². The fourth-order valence-electron chi connectivity index (χ4n) is 2.07. The molecule has 0 spiro atoms. The number of benzene rings is 1. The number of aromatic nitrogens is 2. The lowest BCUT2D eigenvalue weighted by Gasteiger charge is -1.94. The number of aldehydes is 1. The van der Waals surface area contributed by atoms with Crippen molar-refractivity contribution in [3.05, 3.63) is 35.0 Å². The highest BCUT2D eigenvalue weighted by atomic mass is 35.5. The number of carbonyl (C=O) groups is 1. The van der Waals surface area contributed by atoms with Crippen molar-refractivity contribution >= 4 is 39.8 Å². The van der Waals surface area contributed by atoms with Gasteiger partial charge in [-0.1, -0.05) is 17.7 Å². The number of halogens is 1. The smallest absolute Gasteiger partial charge is 0.166 e. The summed E-state index contributed by atoms with van der Waals surface area (Å²) in [6.07, 6.45) is 0.857. The third-order valence-corrected chi connectivity index (χ3v) is 3.15. The van der Waals surface area contributed by atoms with Crippen LogP contribution in [0.25, 0.3) is 21.9 Å². The number of H-pyrrole nitrogens is 1. The molecule has 0 aliphatic heterocycles. The van der Waals surface area contributed by atoms with Gasteiger partial charge in [0.25, 0.3) is 0 Å². The van der Waals surface area contributed by atoms with Crippen LogP contribution in [-0.2, 0) is 7.05 Å². The van der Waals surface area contributed by atoms with Crippen LogP contribution in [0.15, 0.2) is 24.3 Å². The number of carbonyl (C=O) groups excluding carboxylic acids is 1. The molecule has 0 saturated carbocycles. The van der Waals surface area contributed by atoms with Gasteiger partial charge < -0.3 is 9.55 Å². The first-order valence-corrected chi connectivity index (χ1v) is 5.30. The van der Waals surface area contributed by atoms with Crippen LogP contribution >= 0.6 is 11.6 Å². The zero-order valence-electron chi connectivity index (χ0n) is 8.62. The van der Waals surface area contributed by atoms with Gasteiger partial charge in [-0.3, -0.25) is 4.79 Å². The van der Waals surface area contributed by atoms with Gasteiger partial charge in [-0.15, -0.1) is 0 Å². The van der Waals surface area contributed by atoms with Crippen LogP contribution in [0, 0.1) is 0 Å². The van der Waals surface area contributed by atoms with Gasteiger partial charge in [0.05, 0.1) is 5.69 Å². The summed E-state index contributed by atoms with van der Waals surface area (Å²) in [5.41, 5.74) is 2.60. The first-order valence-electron chi connectivity index (χ1n) is 4.92. The van der Waals surface area contributed by atoms with Gasteiger partial charge in [-0.05, 0) is 18.2 Å². The molecule has 4 heteroatoms. The average molecular weight is 233 g/mol. The van der Waals surface area contributed by atoms with Crippen LogP contribution in [0.2, 0.25) is 5.02 Å². The molecule has 0 unspecified atom stereocenters. The maximum Gasteiger partial charge on any atom is 0.166 e. The molecule has 0 fully saturated rings. The molecule has 1 N–H and O–H groups in total. The molecule has 3 rings (SSSR count). The Balaban J connectivity index is 2.49. The van der Waals surface area contributed by atoms with Crippen molar-refractivity contribution in [2.75, 3.05) is 0 Å². The molecular weight excluding hydrogens is 224 g/mol.